The standard InChI is InChI=1S/C17H27N3O3/c1-17(2,3)23-16(22)20-9-8-19(14(10-18)12-20)11-13-4-6-15(21)7-5-13/h4-7,14,21H,8-12,18H2,1-3H3. The average Bonchev–Trinajstić information content (AvgIpc) is 2.48. The number of benzene rings is 1. The highest BCUT2D eigenvalue weighted by molar-refractivity contribution is 5.68. The molecule has 1 amide bonds. The van der Waals surface area contributed by atoms with Crippen LogP contribution in [0, 0.1) is 0 Å². The van der Waals surface area contributed by atoms with Gasteiger partial charge in [-0.25, -0.2) is 4.79 Å². The number of carbonyl (C=O) groups excluding carboxylic acids is 1. The Kier molecular flexibility index (Phi) is 5.49. The van der Waals surface area contributed by atoms with Crippen LogP contribution in [0.15, 0.2) is 24.3 Å². The van der Waals surface area contributed by atoms with Gasteiger partial charge in [-0.05, 0) is 38.5 Å². The SMILES string of the molecule is CC(C)(C)OC(=O)N1CCN(Cc2ccc(O)cc2)C(CN)C1. The van der Waals surface area contributed by atoms with E-state index in [2.05, 4.69) is 4.90 Å². The summed E-state index contributed by atoms with van der Waals surface area (Å²) in [6.07, 6.45) is -0.278. The number of amides is 1. The van der Waals surface area contributed by atoms with Crippen molar-refractivity contribution in [3.63, 3.8) is 0 Å². The van der Waals surface area contributed by atoms with Crippen LogP contribution in [0.1, 0.15) is 26.3 Å². The lowest BCUT2D eigenvalue weighted by Gasteiger charge is -2.41. The van der Waals surface area contributed by atoms with Crippen molar-refractivity contribution in [1.82, 2.24) is 9.80 Å². The van der Waals surface area contributed by atoms with E-state index < -0.39 is 5.60 Å². The Morgan fingerprint density at radius 1 is 1.30 bits per heavy atom. The maximum absolute atomic E-state index is 12.2. The van der Waals surface area contributed by atoms with Gasteiger partial charge in [-0.1, -0.05) is 12.1 Å². The number of carbonyl (C=O) groups is 1. The van der Waals surface area contributed by atoms with Gasteiger partial charge in [-0.2, -0.15) is 0 Å². The Morgan fingerprint density at radius 3 is 2.52 bits per heavy atom. The van der Waals surface area contributed by atoms with Crippen LogP contribution in [0.3, 0.4) is 0 Å². The van der Waals surface area contributed by atoms with Crippen molar-refractivity contribution in [2.75, 3.05) is 26.2 Å². The molecule has 1 aromatic carbocycles. The Bertz CT molecular complexity index is 525. The lowest BCUT2D eigenvalue weighted by atomic mass is 10.1. The molecule has 6 heteroatoms. The van der Waals surface area contributed by atoms with E-state index in [-0.39, 0.29) is 17.9 Å². The summed E-state index contributed by atoms with van der Waals surface area (Å²) in [6, 6.07) is 7.28. The van der Waals surface area contributed by atoms with E-state index in [1.54, 1.807) is 17.0 Å². The fraction of sp³-hybridized carbons (Fsp3) is 0.588. The largest absolute Gasteiger partial charge is 0.508 e. The van der Waals surface area contributed by atoms with Gasteiger partial charge in [0.15, 0.2) is 0 Å². The molecule has 128 valence electrons. The minimum atomic E-state index is -0.488. The lowest BCUT2D eigenvalue weighted by molar-refractivity contribution is 0.00353. The molecule has 0 spiro atoms. The molecule has 0 bridgehead atoms. The van der Waals surface area contributed by atoms with E-state index >= 15 is 0 Å². The molecule has 1 fully saturated rings. The van der Waals surface area contributed by atoms with E-state index in [0.717, 1.165) is 18.7 Å². The van der Waals surface area contributed by atoms with Crippen molar-refractivity contribution in [2.24, 2.45) is 5.73 Å². The van der Waals surface area contributed by atoms with Crippen molar-refractivity contribution in [3.05, 3.63) is 29.8 Å². The zero-order valence-corrected chi connectivity index (χ0v) is 14.2. The van der Waals surface area contributed by atoms with E-state index in [1.807, 2.05) is 32.9 Å². The number of ether oxygens (including phenoxy) is 1. The molecule has 1 unspecified atom stereocenters. The summed E-state index contributed by atoms with van der Waals surface area (Å²) in [7, 11) is 0. The maximum atomic E-state index is 12.2. The molecule has 1 aliphatic rings. The number of piperazine rings is 1. The second-order valence-electron chi connectivity index (χ2n) is 6.95. The maximum Gasteiger partial charge on any atom is 0.410 e. The third-order valence-electron chi connectivity index (χ3n) is 3.85. The van der Waals surface area contributed by atoms with Gasteiger partial charge >= 0.3 is 6.09 Å². The van der Waals surface area contributed by atoms with Gasteiger partial charge in [0.2, 0.25) is 0 Å². The monoisotopic (exact) mass is 321 g/mol. The summed E-state index contributed by atoms with van der Waals surface area (Å²) >= 11 is 0. The van der Waals surface area contributed by atoms with Crippen LogP contribution in [-0.4, -0.2) is 58.8 Å². The van der Waals surface area contributed by atoms with Crippen molar-refractivity contribution in [3.8, 4) is 5.75 Å². The Balaban J connectivity index is 1.96. The number of aromatic hydroxyl groups is 1. The lowest BCUT2D eigenvalue weighted by Crippen LogP contribution is -2.57. The summed E-state index contributed by atoms with van der Waals surface area (Å²) in [5, 5.41) is 9.36. The topological polar surface area (TPSA) is 79.0 Å². The van der Waals surface area contributed by atoms with Gasteiger partial charge in [0.25, 0.3) is 0 Å². The van der Waals surface area contributed by atoms with Crippen molar-refractivity contribution in [2.45, 2.75) is 39.0 Å². The average molecular weight is 321 g/mol. The molecule has 2 rings (SSSR count). The first kappa shape index (κ1) is 17.6. The molecule has 0 saturated carbocycles. The molecule has 0 radical (unpaired) electrons. The first-order valence-corrected chi connectivity index (χ1v) is 7.98. The van der Waals surface area contributed by atoms with E-state index in [1.165, 1.54) is 0 Å². The van der Waals surface area contributed by atoms with Crippen LogP contribution in [0.2, 0.25) is 0 Å². The molecule has 0 aromatic heterocycles. The molecule has 1 atom stereocenters. The van der Waals surface area contributed by atoms with Crippen LogP contribution < -0.4 is 5.73 Å². The predicted octanol–water partition coefficient (Wildman–Crippen LogP) is 1.77. The zero-order valence-electron chi connectivity index (χ0n) is 14.2. The van der Waals surface area contributed by atoms with Crippen molar-refractivity contribution >= 4 is 6.09 Å². The quantitative estimate of drug-likeness (QED) is 0.887. The smallest absolute Gasteiger partial charge is 0.410 e. The van der Waals surface area contributed by atoms with Gasteiger partial charge < -0.3 is 20.5 Å². The molecule has 0 aliphatic carbocycles. The second-order valence-corrected chi connectivity index (χ2v) is 6.95. The molecule has 1 saturated heterocycles. The summed E-state index contributed by atoms with van der Waals surface area (Å²) in [6.45, 7) is 8.79. The molecule has 1 heterocycles. The minimum absolute atomic E-state index is 0.102. The highest BCUT2D eigenvalue weighted by Gasteiger charge is 2.31. The fourth-order valence-corrected chi connectivity index (χ4v) is 2.65. The number of phenolic OH excluding ortho intramolecular Hbond substituents is 1. The fourth-order valence-electron chi connectivity index (χ4n) is 2.65. The number of phenols is 1. The normalized spacial score (nSPS) is 19.7. The van der Waals surface area contributed by atoms with E-state index in [4.69, 9.17) is 10.5 Å². The molecule has 1 aromatic rings. The highest BCUT2D eigenvalue weighted by Crippen LogP contribution is 2.18. The minimum Gasteiger partial charge on any atom is -0.508 e. The molecular weight excluding hydrogens is 294 g/mol. The van der Waals surface area contributed by atoms with Gasteiger partial charge in [-0.15, -0.1) is 0 Å². The van der Waals surface area contributed by atoms with Crippen molar-refractivity contribution in [1.29, 1.82) is 0 Å². The Labute approximate surface area is 137 Å². The molecular formula is C17H27N3O3. The van der Waals surface area contributed by atoms with Crippen LogP contribution in [0.25, 0.3) is 0 Å². The predicted molar refractivity (Wildman–Crippen MR) is 89.2 cm³/mol. The first-order valence-electron chi connectivity index (χ1n) is 7.98. The summed E-state index contributed by atoms with van der Waals surface area (Å²) in [5.74, 6) is 0.263. The van der Waals surface area contributed by atoms with Gasteiger partial charge in [0.05, 0.1) is 0 Å². The van der Waals surface area contributed by atoms with Gasteiger partial charge in [-0.3, -0.25) is 4.90 Å². The Hall–Kier alpha value is -1.79. The number of rotatable bonds is 3. The Morgan fingerprint density at radius 2 is 1.96 bits per heavy atom. The number of hydrogen-bond donors (Lipinski definition) is 2. The summed E-state index contributed by atoms with van der Waals surface area (Å²) < 4.78 is 5.44. The molecule has 6 nitrogen and oxygen atoms in total. The second kappa shape index (κ2) is 7.19. The third kappa shape index (κ3) is 5.11. The van der Waals surface area contributed by atoms with Gasteiger partial charge in [0.1, 0.15) is 11.4 Å². The van der Waals surface area contributed by atoms with Crippen LogP contribution in [0.4, 0.5) is 4.79 Å². The van der Waals surface area contributed by atoms with Gasteiger partial charge in [0, 0.05) is 38.8 Å². The summed E-state index contributed by atoms with van der Waals surface area (Å²) in [4.78, 5) is 16.2. The van der Waals surface area contributed by atoms with E-state index in [0.29, 0.717) is 19.6 Å². The van der Waals surface area contributed by atoms with Crippen molar-refractivity contribution < 1.29 is 14.6 Å². The molecule has 1 aliphatic heterocycles. The summed E-state index contributed by atoms with van der Waals surface area (Å²) in [5.41, 5.74) is 6.53. The number of nitrogens with zero attached hydrogens (tertiary/aromatic N) is 2. The zero-order chi connectivity index (χ0) is 17.0. The third-order valence-corrected chi connectivity index (χ3v) is 3.85. The first-order chi connectivity index (χ1) is 10.8. The van der Waals surface area contributed by atoms with Crippen LogP contribution in [0.5, 0.6) is 5.75 Å². The highest BCUT2D eigenvalue weighted by atomic mass is 16.6. The van der Waals surface area contributed by atoms with Crippen LogP contribution >= 0.6 is 0 Å². The molecule has 3 N–H and O–H groups in total. The van der Waals surface area contributed by atoms with Crippen LogP contribution in [-0.2, 0) is 11.3 Å². The number of nitrogens with two attached hydrogens (primary N) is 1. The number of hydrogen-bond acceptors (Lipinski definition) is 5. The van der Waals surface area contributed by atoms with E-state index in [9.17, 15) is 9.90 Å². The molecule has 23 heavy (non-hydrogen) atoms.